The van der Waals surface area contributed by atoms with Crippen LogP contribution in [0.25, 0.3) is 0 Å². The van der Waals surface area contributed by atoms with Crippen molar-refractivity contribution in [2.24, 2.45) is 0 Å². The van der Waals surface area contributed by atoms with Gasteiger partial charge in [-0.25, -0.2) is 0 Å². The molecule has 2 aliphatic rings. The van der Waals surface area contributed by atoms with Crippen molar-refractivity contribution in [1.29, 1.82) is 0 Å². The van der Waals surface area contributed by atoms with E-state index in [4.69, 9.17) is 24.4 Å². The smallest absolute Gasteiger partial charge is 0.202 e. The number of hydrogen-bond acceptors (Lipinski definition) is 11. The van der Waals surface area contributed by atoms with E-state index in [1.165, 1.54) is 0 Å². The van der Waals surface area contributed by atoms with Crippen LogP contribution in [0.2, 0.25) is 0 Å². The third-order valence-electron chi connectivity index (χ3n) is 3.96. The van der Waals surface area contributed by atoms with E-state index in [1.54, 1.807) is 0 Å². The predicted octanol–water partition coefficient (Wildman–Crippen LogP) is -5.05. The zero-order valence-electron chi connectivity index (χ0n) is 12.0. The van der Waals surface area contributed by atoms with E-state index in [2.05, 4.69) is 0 Å². The standard InChI is InChI=1S/C12H22O11/c13-2-4-1-12(20,9(18)10(19)21-4)23-11-8(17)7(16)6(15)5(3-14)22-11/h4-11,13-20H,1-3H2/t4?,5?,6-,7+,8?,9?,10+,11-,12-/m0/s1. The molecule has 0 radical (unpaired) electrons. The van der Waals surface area contributed by atoms with Crippen molar-refractivity contribution in [1.82, 2.24) is 0 Å². The van der Waals surface area contributed by atoms with Gasteiger partial charge in [0, 0.05) is 6.42 Å². The summed E-state index contributed by atoms with van der Waals surface area (Å²) < 4.78 is 15.0. The molecular formula is C12H22O11. The predicted molar refractivity (Wildman–Crippen MR) is 68.4 cm³/mol. The maximum absolute atomic E-state index is 10.4. The van der Waals surface area contributed by atoms with E-state index in [0.29, 0.717) is 0 Å². The molecule has 9 atom stereocenters. The van der Waals surface area contributed by atoms with Gasteiger partial charge in [0.2, 0.25) is 5.79 Å². The van der Waals surface area contributed by atoms with Gasteiger partial charge in [0.25, 0.3) is 0 Å². The zero-order valence-corrected chi connectivity index (χ0v) is 12.0. The molecule has 2 heterocycles. The molecule has 0 bridgehead atoms. The highest BCUT2D eigenvalue weighted by molar-refractivity contribution is 4.93. The van der Waals surface area contributed by atoms with Gasteiger partial charge in [-0.3, -0.25) is 0 Å². The van der Waals surface area contributed by atoms with Crippen LogP contribution in [0.1, 0.15) is 6.42 Å². The third-order valence-corrected chi connectivity index (χ3v) is 3.96. The van der Waals surface area contributed by atoms with Gasteiger partial charge in [0.05, 0.1) is 19.3 Å². The molecule has 11 heteroatoms. The number of aliphatic hydroxyl groups is 8. The Morgan fingerprint density at radius 1 is 0.913 bits per heavy atom. The number of hydrogen-bond donors (Lipinski definition) is 8. The SMILES string of the molecule is OCC1C[C@](O)(O[C@@H]2OC(CO)[C@H](O)[C@@H](O)C2O)C(O)[C@H](O)O1. The zero-order chi connectivity index (χ0) is 17.4. The van der Waals surface area contributed by atoms with Crippen LogP contribution >= 0.6 is 0 Å². The maximum Gasteiger partial charge on any atom is 0.202 e. The van der Waals surface area contributed by atoms with E-state index in [-0.39, 0.29) is 0 Å². The van der Waals surface area contributed by atoms with E-state index in [0.717, 1.165) is 0 Å². The van der Waals surface area contributed by atoms with Gasteiger partial charge in [-0.15, -0.1) is 0 Å². The highest BCUT2D eigenvalue weighted by Crippen LogP contribution is 2.33. The second kappa shape index (κ2) is 7.21. The molecule has 0 aromatic heterocycles. The lowest BCUT2D eigenvalue weighted by Crippen LogP contribution is -2.65. The normalized spacial score (nSPS) is 51.7. The summed E-state index contributed by atoms with van der Waals surface area (Å²) in [7, 11) is 0. The maximum atomic E-state index is 10.4. The first kappa shape index (κ1) is 18.9. The summed E-state index contributed by atoms with van der Waals surface area (Å²) in [5.74, 6) is -2.46. The van der Waals surface area contributed by atoms with Crippen molar-refractivity contribution in [2.45, 2.75) is 61.4 Å². The fraction of sp³-hybridized carbons (Fsp3) is 1.00. The average molecular weight is 342 g/mol. The molecule has 8 N–H and O–H groups in total. The summed E-state index contributed by atoms with van der Waals surface area (Å²) in [5.41, 5.74) is 0. The summed E-state index contributed by atoms with van der Waals surface area (Å²) >= 11 is 0. The van der Waals surface area contributed by atoms with Crippen LogP contribution in [0.5, 0.6) is 0 Å². The first-order chi connectivity index (χ1) is 10.7. The van der Waals surface area contributed by atoms with E-state index >= 15 is 0 Å². The van der Waals surface area contributed by atoms with Gasteiger partial charge in [0.1, 0.15) is 24.4 Å². The molecule has 0 aliphatic carbocycles. The Morgan fingerprint density at radius 2 is 1.57 bits per heavy atom. The number of rotatable bonds is 4. The first-order valence-corrected chi connectivity index (χ1v) is 7.06. The van der Waals surface area contributed by atoms with Crippen molar-refractivity contribution in [3.05, 3.63) is 0 Å². The minimum absolute atomic E-state index is 0.462. The van der Waals surface area contributed by atoms with Gasteiger partial charge < -0.3 is 55.1 Å². The Labute approximate surface area is 130 Å². The molecular weight excluding hydrogens is 320 g/mol. The van der Waals surface area contributed by atoms with Crippen molar-refractivity contribution in [3.8, 4) is 0 Å². The molecule has 2 fully saturated rings. The largest absolute Gasteiger partial charge is 0.394 e. The molecule has 23 heavy (non-hydrogen) atoms. The molecule has 0 aromatic carbocycles. The van der Waals surface area contributed by atoms with Gasteiger partial charge in [0.15, 0.2) is 18.7 Å². The van der Waals surface area contributed by atoms with Crippen LogP contribution in [-0.2, 0) is 14.2 Å². The summed E-state index contributed by atoms with van der Waals surface area (Å²) in [4.78, 5) is 0. The fourth-order valence-corrected chi connectivity index (χ4v) is 2.58. The molecule has 0 amide bonds. The Hall–Kier alpha value is -0.440. The summed E-state index contributed by atoms with van der Waals surface area (Å²) in [6, 6.07) is 0. The molecule has 136 valence electrons. The minimum atomic E-state index is -2.46. The van der Waals surface area contributed by atoms with Crippen molar-refractivity contribution in [3.63, 3.8) is 0 Å². The van der Waals surface area contributed by atoms with Crippen LogP contribution in [0.15, 0.2) is 0 Å². The average Bonchev–Trinajstić information content (AvgIpc) is 2.52. The van der Waals surface area contributed by atoms with Crippen molar-refractivity contribution >= 4 is 0 Å². The second-order valence-electron chi connectivity index (χ2n) is 5.64. The topological polar surface area (TPSA) is 190 Å². The van der Waals surface area contributed by atoms with Crippen LogP contribution in [0.4, 0.5) is 0 Å². The summed E-state index contributed by atoms with van der Waals surface area (Å²) in [5, 5.41) is 77.1. The van der Waals surface area contributed by atoms with Crippen molar-refractivity contribution in [2.75, 3.05) is 13.2 Å². The molecule has 0 saturated carbocycles. The van der Waals surface area contributed by atoms with Gasteiger partial charge in [-0.2, -0.15) is 0 Å². The molecule has 2 rings (SSSR count). The van der Waals surface area contributed by atoms with E-state index in [1.807, 2.05) is 0 Å². The first-order valence-electron chi connectivity index (χ1n) is 7.06. The highest BCUT2D eigenvalue weighted by atomic mass is 16.8. The van der Waals surface area contributed by atoms with Gasteiger partial charge in [-0.1, -0.05) is 0 Å². The fourth-order valence-electron chi connectivity index (χ4n) is 2.58. The van der Waals surface area contributed by atoms with Gasteiger partial charge >= 0.3 is 0 Å². The molecule has 2 aliphatic heterocycles. The van der Waals surface area contributed by atoms with E-state index in [9.17, 15) is 30.6 Å². The summed E-state index contributed by atoms with van der Waals surface area (Å²) in [6.45, 7) is -1.28. The lowest BCUT2D eigenvalue weighted by atomic mass is 9.96. The van der Waals surface area contributed by atoms with Gasteiger partial charge in [-0.05, 0) is 0 Å². The molecule has 4 unspecified atom stereocenters. The Balaban J connectivity index is 2.14. The van der Waals surface area contributed by atoms with Crippen LogP contribution in [-0.4, -0.2) is 109 Å². The van der Waals surface area contributed by atoms with E-state index < -0.39 is 74.6 Å². The third kappa shape index (κ3) is 3.65. The lowest BCUT2D eigenvalue weighted by Gasteiger charge is -2.47. The quantitative estimate of drug-likeness (QED) is 0.228. The summed E-state index contributed by atoms with van der Waals surface area (Å²) in [6.07, 6.45) is -13.4. The number of ether oxygens (including phenoxy) is 3. The molecule has 2 saturated heterocycles. The minimum Gasteiger partial charge on any atom is -0.394 e. The van der Waals surface area contributed by atoms with Crippen LogP contribution < -0.4 is 0 Å². The Morgan fingerprint density at radius 3 is 2.13 bits per heavy atom. The lowest BCUT2D eigenvalue weighted by molar-refractivity contribution is -0.415. The molecule has 0 spiro atoms. The molecule has 11 nitrogen and oxygen atoms in total. The second-order valence-corrected chi connectivity index (χ2v) is 5.64. The van der Waals surface area contributed by atoms with Crippen LogP contribution in [0, 0.1) is 0 Å². The Bertz CT molecular complexity index is 393. The molecule has 0 aromatic rings. The van der Waals surface area contributed by atoms with Crippen LogP contribution in [0.3, 0.4) is 0 Å². The monoisotopic (exact) mass is 342 g/mol. The Kier molecular flexibility index (Phi) is 5.92. The highest BCUT2D eigenvalue weighted by Gasteiger charge is 2.53. The van der Waals surface area contributed by atoms with Crippen molar-refractivity contribution < 1.29 is 55.1 Å². The number of aliphatic hydroxyl groups excluding tert-OH is 7.